The van der Waals surface area contributed by atoms with Crippen LogP contribution >= 0.6 is 23.4 Å². The van der Waals surface area contributed by atoms with E-state index in [1.54, 1.807) is 6.07 Å². The minimum Gasteiger partial charge on any atom is -0.354 e. The zero-order chi connectivity index (χ0) is 19.1. The number of hydrogen-bond donors (Lipinski definition) is 1. The number of carbonyl (C=O) groups excluding carboxylic acids is 1. The van der Waals surface area contributed by atoms with E-state index in [0.717, 1.165) is 51.6 Å². The van der Waals surface area contributed by atoms with Crippen LogP contribution in [0.2, 0.25) is 5.15 Å². The van der Waals surface area contributed by atoms with Crippen LogP contribution in [0.15, 0.2) is 11.2 Å². The molecule has 0 saturated carbocycles. The number of halogens is 1. The van der Waals surface area contributed by atoms with E-state index in [0.29, 0.717) is 22.6 Å². The first-order valence-corrected chi connectivity index (χ1v) is 11.1. The Hall–Kier alpha value is -1.09. The van der Waals surface area contributed by atoms with E-state index in [1.165, 1.54) is 31.0 Å². The maximum Gasteiger partial charge on any atom is 0.230 e. The summed E-state index contributed by atoms with van der Waals surface area (Å²) in [6, 6.07) is 1.80. The Morgan fingerprint density at radius 3 is 2.63 bits per heavy atom. The lowest BCUT2D eigenvalue weighted by Crippen LogP contribution is -2.44. The average Bonchev–Trinajstić information content (AvgIpc) is 2.67. The van der Waals surface area contributed by atoms with Crippen molar-refractivity contribution in [3.63, 3.8) is 0 Å². The lowest BCUT2D eigenvalue weighted by atomic mass is 10.1. The van der Waals surface area contributed by atoms with Crippen molar-refractivity contribution in [2.75, 3.05) is 70.1 Å². The molecule has 0 unspecified atom stereocenters. The molecule has 3 heterocycles. The van der Waals surface area contributed by atoms with E-state index >= 15 is 0 Å². The number of anilines is 1. The molecule has 2 saturated heterocycles. The lowest BCUT2D eigenvalue weighted by Gasteiger charge is -2.33. The average molecular weight is 413 g/mol. The summed E-state index contributed by atoms with van der Waals surface area (Å²) in [5, 5.41) is 3.97. The van der Waals surface area contributed by atoms with Gasteiger partial charge in [-0.2, -0.15) is 0 Å². The van der Waals surface area contributed by atoms with Crippen molar-refractivity contribution in [2.45, 2.75) is 24.4 Å². The van der Waals surface area contributed by atoms with Gasteiger partial charge in [0.05, 0.1) is 5.75 Å². The van der Waals surface area contributed by atoms with Gasteiger partial charge in [0, 0.05) is 45.3 Å². The Balaban J connectivity index is 1.43. The van der Waals surface area contributed by atoms with Crippen LogP contribution in [0.3, 0.4) is 0 Å². The number of nitrogens with one attached hydrogen (secondary N) is 1. The highest BCUT2D eigenvalue weighted by molar-refractivity contribution is 7.99. The van der Waals surface area contributed by atoms with E-state index < -0.39 is 0 Å². The highest BCUT2D eigenvalue weighted by Crippen LogP contribution is 2.22. The number of rotatable bonds is 7. The number of hydrogen-bond acceptors (Lipinski definition) is 7. The highest BCUT2D eigenvalue weighted by atomic mass is 35.5. The summed E-state index contributed by atoms with van der Waals surface area (Å²) >= 11 is 7.51. The second-order valence-electron chi connectivity index (χ2n) is 7.16. The number of piperidine rings is 1. The second kappa shape index (κ2) is 10.5. The monoisotopic (exact) mass is 412 g/mol. The van der Waals surface area contributed by atoms with Crippen molar-refractivity contribution in [3.8, 4) is 0 Å². The molecule has 0 aromatic carbocycles. The van der Waals surface area contributed by atoms with E-state index in [1.807, 2.05) is 0 Å². The van der Waals surface area contributed by atoms with Gasteiger partial charge in [0.15, 0.2) is 5.16 Å². The zero-order valence-electron chi connectivity index (χ0n) is 16.0. The van der Waals surface area contributed by atoms with Crippen molar-refractivity contribution in [1.82, 2.24) is 25.1 Å². The fraction of sp³-hybridized carbons (Fsp3) is 0.722. The number of nitrogens with zero attached hydrogens (tertiary/aromatic N) is 5. The summed E-state index contributed by atoms with van der Waals surface area (Å²) in [6.07, 6.45) is 3.87. The third kappa shape index (κ3) is 6.78. The van der Waals surface area contributed by atoms with Crippen LogP contribution < -0.4 is 10.2 Å². The molecular weight excluding hydrogens is 384 g/mol. The van der Waals surface area contributed by atoms with Crippen molar-refractivity contribution in [2.24, 2.45) is 0 Å². The van der Waals surface area contributed by atoms with Crippen LogP contribution in [0.5, 0.6) is 0 Å². The molecule has 2 aliphatic heterocycles. The summed E-state index contributed by atoms with van der Waals surface area (Å²) in [4.78, 5) is 27.9. The second-order valence-corrected chi connectivity index (χ2v) is 8.49. The number of likely N-dealkylation sites (tertiary alicyclic amines) is 1. The van der Waals surface area contributed by atoms with Gasteiger partial charge in [0.1, 0.15) is 11.0 Å². The Kier molecular flexibility index (Phi) is 7.99. The molecule has 27 heavy (non-hydrogen) atoms. The Morgan fingerprint density at radius 2 is 1.89 bits per heavy atom. The van der Waals surface area contributed by atoms with Crippen LogP contribution in [0, 0.1) is 0 Å². The Bertz CT molecular complexity index is 620. The fourth-order valence-electron chi connectivity index (χ4n) is 3.37. The Labute approximate surface area is 170 Å². The van der Waals surface area contributed by atoms with Crippen LogP contribution in [-0.2, 0) is 4.79 Å². The molecule has 1 N–H and O–H groups in total. The lowest BCUT2D eigenvalue weighted by molar-refractivity contribution is -0.118. The van der Waals surface area contributed by atoms with E-state index in [2.05, 4.69) is 37.0 Å². The number of amides is 1. The third-order valence-corrected chi connectivity index (χ3v) is 6.06. The van der Waals surface area contributed by atoms with Gasteiger partial charge < -0.3 is 20.0 Å². The summed E-state index contributed by atoms with van der Waals surface area (Å²) < 4.78 is 0. The maximum atomic E-state index is 12.1. The van der Waals surface area contributed by atoms with Crippen LogP contribution in [0.4, 0.5) is 5.82 Å². The minimum absolute atomic E-state index is 0.0155. The SMILES string of the molecule is CN1CCN(c2cc(Cl)nc(SCC(=O)NCCN3CCCCC3)n2)CC1. The van der Waals surface area contributed by atoms with Gasteiger partial charge in [-0.15, -0.1) is 0 Å². The van der Waals surface area contributed by atoms with E-state index in [9.17, 15) is 4.79 Å². The number of piperazine rings is 1. The molecule has 0 spiro atoms. The summed E-state index contributed by atoms with van der Waals surface area (Å²) in [6.45, 7) is 7.77. The predicted molar refractivity (Wildman–Crippen MR) is 111 cm³/mol. The van der Waals surface area contributed by atoms with Crippen LogP contribution in [0.1, 0.15) is 19.3 Å². The van der Waals surface area contributed by atoms with Gasteiger partial charge in [0.25, 0.3) is 0 Å². The quantitative estimate of drug-likeness (QED) is 0.414. The van der Waals surface area contributed by atoms with Gasteiger partial charge in [0.2, 0.25) is 5.91 Å². The molecule has 1 amide bonds. The summed E-state index contributed by atoms with van der Waals surface area (Å²) in [5.74, 6) is 1.17. The molecule has 0 radical (unpaired) electrons. The molecule has 7 nitrogen and oxygen atoms in total. The molecule has 150 valence electrons. The molecule has 2 aliphatic rings. The van der Waals surface area contributed by atoms with Crippen LogP contribution in [-0.4, -0.2) is 90.8 Å². The van der Waals surface area contributed by atoms with Crippen molar-refractivity contribution in [3.05, 3.63) is 11.2 Å². The van der Waals surface area contributed by atoms with Crippen molar-refractivity contribution in [1.29, 1.82) is 0 Å². The molecule has 1 aromatic rings. The maximum absolute atomic E-state index is 12.1. The first kappa shape index (κ1) is 20.6. The van der Waals surface area contributed by atoms with Crippen molar-refractivity contribution < 1.29 is 4.79 Å². The molecule has 1 aromatic heterocycles. The zero-order valence-corrected chi connectivity index (χ0v) is 17.6. The van der Waals surface area contributed by atoms with E-state index in [-0.39, 0.29) is 5.91 Å². The summed E-state index contributed by atoms with van der Waals surface area (Å²) in [5.41, 5.74) is 0. The molecule has 0 bridgehead atoms. The Morgan fingerprint density at radius 1 is 1.15 bits per heavy atom. The molecular formula is C18H29ClN6OS. The topological polar surface area (TPSA) is 64.6 Å². The fourth-order valence-corrected chi connectivity index (χ4v) is 4.28. The molecule has 0 aliphatic carbocycles. The normalized spacial score (nSPS) is 19.3. The molecule has 9 heteroatoms. The summed E-state index contributed by atoms with van der Waals surface area (Å²) in [7, 11) is 2.12. The van der Waals surface area contributed by atoms with Gasteiger partial charge in [-0.1, -0.05) is 29.8 Å². The smallest absolute Gasteiger partial charge is 0.230 e. The van der Waals surface area contributed by atoms with Crippen LogP contribution in [0.25, 0.3) is 0 Å². The largest absolute Gasteiger partial charge is 0.354 e. The van der Waals surface area contributed by atoms with Gasteiger partial charge in [-0.3, -0.25) is 4.79 Å². The minimum atomic E-state index is 0.0155. The predicted octanol–water partition coefficient (Wildman–Crippen LogP) is 1.58. The number of aromatic nitrogens is 2. The standard InChI is InChI=1S/C18H29ClN6OS/c1-23-9-11-25(12-10-23)16-13-15(19)21-18(22-16)27-14-17(26)20-5-8-24-6-3-2-4-7-24/h13H,2-12,14H2,1H3,(H,20,26). The first-order valence-electron chi connectivity index (χ1n) is 9.70. The van der Waals surface area contributed by atoms with Crippen molar-refractivity contribution >= 4 is 35.1 Å². The highest BCUT2D eigenvalue weighted by Gasteiger charge is 2.17. The number of likely N-dealkylation sites (N-methyl/N-ethyl adjacent to an activating group) is 1. The molecule has 0 atom stereocenters. The van der Waals surface area contributed by atoms with Gasteiger partial charge in [-0.25, -0.2) is 9.97 Å². The number of thioether (sulfide) groups is 1. The third-order valence-electron chi connectivity index (χ3n) is 5.02. The number of carbonyl (C=O) groups is 1. The first-order chi connectivity index (χ1) is 13.1. The van der Waals surface area contributed by atoms with E-state index in [4.69, 9.17) is 11.6 Å². The molecule has 3 rings (SSSR count). The molecule has 2 fully saturated rings. The van der Waals surface area contributed by atoms with Gasteiger partial charge >= 0.3 is 0 Å². The van der Waals surface area contributed by atoms with Gasteiger partial charge in [-0.05, 0) is 33.0 Å².